The summed E-state index contributed by atoms with van der Waals surface area (Å²) in [5.41, 5.74) is 1.90. The van der Waals surface area contributed by atoms with Crippen molar-refractivity contribution in [1.29, 1.82) is 0 Å². The van der Waals surface area contributed by atoms with Gasteiger partial charge in [-0.2, -0.15) is 5.10 Å². The van der Waals surface area contributed by atoms with Gasteiger partial charge in [-0.1, -0.05) is 10.6 Å². The van der Waals surface area contributed by atoms with Gasteiger partial charge in [-0.15, -0.1) is 11.7 Å². The lowest BCUT2D eigenvalue weighted by Gasteiger charge is -2.06. The van der Waals surface area contributed by atoms with Crippen LogP contribution in [0.2, 0.25) is 0 Å². The molecule has 2 rings (SSSR count). The second-order valence-electron chi connectivity index (χ2n) is 4.12. The van der Waals surface area contributed by atoms with Crippen molar-refractivity contribution in [2.45, 2.75) is 13.8 Å². The molecule has 6 nitrogen and oxygen atoms in total. The first-order chi connectivity index (χ1) is 9.06. The van der Waals surface area contributed by atoms with Crippen molar-refractivity contribution in [3.8, 4) is 0 Å². The van der Waals surface area contributed by atoms with E-state index in [1.54, 1.807) is 24.7 Å². The maximum absolute atomic E-state index is 12.6. The van der Waals surface area contributed by atoms with E-state index in [-0.39, 0.29) is 5.78 Å². The number of nitrogens with zero attached hydrogens (tertiary/aromatic N) is 4. The minimum atomic E-state index is -0.0929. The average molecular weight is 277 g/mol. The molecule has 2 aromatic heterocycles. The molecule has 0 aliphatic heterocycles. The Morgan fingerprint density at radius 1 is 1.47 bits per heavy atom. The summed E-state index contributed by atoms with van der Waals surface area (Å²) in [6.07, 6.45) is 1.73. The Balaban J connectivity index is 2.46. The fourth-order valence-corrected chi connectivity index (χ4v) is 2.46. The molecule has 2 aromatic rings. The van der Waals surface area contributed by atoms with Crippen molar-refractivity contribution in [1.82, 2.24) is 19.4 Å². The van der Waals surface area contributed by atoms with Gasteiger partial charge in [-0.25, -0.2) is 0 Å². The van der Waals surface area contributed by atoms with Crippen LogP contribution >= 0.6 is 11.5 Å². The summed E-state index contributed by atoms with van der Waals surface area (Å²) in [4.78, 5) is 13.1. The van der Waals surface area contributed by atoms with Crippen LogP contribution in [0.5, 0.6) is 0 Å². The topological polar surface area (TPSA) is 72.7 Å². The van der Waals surface area contributed by atoms with E-state index in [1.165, 1.54) is 0 Å². The van der Waals surface area contributed by atoms with E-state index < -0.39 is 0 Å². The van der Waals surface area contributed by atoms with Crippen molar-refractivity contribution >= 4 is 23.1 Å². The van der Waals surface area contributed by atoms with E-state index in [2.05, 4.69) is 26.6 Å². The third-order valence-electron chi connectivity index (χ3n) is 2.72. The van der Waals surface area contributed by atoms with Crippen LogP contribution in [0.1, 0.15) is 26.6 Å². The van der Waals surface area contributed by atoms with Crippen molar-refractivity contribution in [2.75, 3.05) is 11.9 Å². The predicted molar refractivity (Wildman–Crippen MR) is 74.7 cm³/mol. The first-order valence-corrected chi connectivity index (χ1v) is 6.55. The molecule has 0 aliphatic rings. The Morgan fingerprint density at radius 2 is 2.21 bits per heavy atom. The van der Waals surface area contributed by atoms with Gasteiger partial charge >= 0.3 is 0 Å². The quantitative estimate of drug-likeness (QED) is 0.665. The van der Waals surface area contributed by atoms with Crippen LogP contribution in [0.25, 0.3) is 0 Å². The van der Waals surface area contributed by atoms with E-state index >= 15 is 0 Å². The first kappa shape index (κ1) is 13.4. The van der Waals surface area contributed by atoms with Gasteiger partial charge in [0.05, 0.1) is 17.0 Å². The molecular weight excluding hydrogens is 262 g/mol. The maximum Gasteiger partial charge on any atom is 0.212 e. The van der Waals surface area contributed by atoms with Crippen LogP contribution in [0.15, 0.2) is 12.7 Å². The van der Waals surface area contributed by atoms with Gasteiger partial charge in [-0.3, -0.25) is 9.48 Å². The van der Waals surface area contributed by atoms with Crippen molar-refractivity contribution in [3.05, 3.63) is 34.5 Å². The lowest BCUT2D eigenvalue weighted by atomic mass is 10.1. The minimum absolute atomic E-state index is 0.0929. The molecule has 0 aromatic carbocycles. The molecule has 0 bridgehead atoms. The summed E-state index contributed by atoms with van der Waals surface area (Å²) < 4.78 is 5.47. The molecule has 0 saturated carbocycles. The largest absolute Gasteiger partial charge is 0.366 e. The molecule has 100 valence electrons. The number of aromatic nitrogens is 4. The number of carbonyl (C=O) groups excluding carboxylic acids is 1. The van der Waals surface area contributed by atoms with Crippen molar-refractivity contribution in [2.24, 2.45) is 7.05 Å². The smallest absolute Gasteiger partial charge is 0.212 e. The monoisotopic (exact) mass is 277 g/mol. The van der Waals surface area contributed by atoms with Crippen LogP contribution in [-0.4, -0.2) is 31.7 Å². The number of anilines is 1. The van der Waals surface area contributed by atoms with Crippen LogP contribution < -0.4 is 5.32 Å². The standard InChI is InChI=1S/C12H15N5OS/c1-5-6-13-12-9(7(2)15-17(12)4)10(18)11-8(3)14-16-19-11/h5,13H,1,6H2,2-4H3. The van der Waals surface area contributed by atoms with Crippen LogP contribution in [-0.2, 0) is 7.05 Å². The van der Waals surface area contributed by atoms with Crippen molar-refractivity contribution < 1.29 is 4.79 Å². The van der Waals surface area contributed by atoms with Gasteiger partial charge in [0.15, 0.2) is 0 Å². The number of rotatable bonds is 5. The highest BCUT2D eigenvalue weighted by Gasteiger charge is 2.24. The third kappa shape index (κ3) is 2.41. The molecule has 2 heterocycles. The highest BCUT2D eigenvalue weighted by molar-refractivity contribution is 7.08. The Bertz CT molecular complexity index is 628. The molecule has 0 radical (unpaired) electrons. The summed E-state index contributed by atoms with van der Waals surface area (Å²) in [6, 6.07) is 0. The summed E-state index contributed by atoms with van der Waals surface area (Å²) in [5.74, 6) is 0.597. The number of aryl methyl sites for hydroxylation is 3. The molecule has 0 atom stereocenters. The molecule has 7 heteroatoms. The van der Waals surface area contributed by atoms with Crippen LogP contribution in [0.4, 0.5) is 5.82 Å². The summed E-state index contributed by atoms with van der Waals surface area (Å²) in [7, 11) is 1.80. The second-order valence-corrected chi connectivity index (χ2v) is 4.87. The van der Waals surface area contributed by atoms with Crippen molar-refractivity contribution in [3.63, 3.8) is 0 Å². The van der Waals surface area contributed by atoms with Gasteiger partial charge in [0.2, 0.25) is 5.78 Å². The summed E-state index contributed by atoms with van der Waals surface area (Å²) in [5, 5.41) is 11.3. The summed E-state index contributed by atoms with van der Waals surface area (Å²) in [6.45, 7) is 7.82. The lowest BCUT2D eigenvalue weighted by Crippen LogP contribution is -2.10. The molecular formula is C12H15N5OS. The van der Waals surface area contributed by atoms with Gasteiger partial charge in [0, 0.05) is 13.6 Å². The first-order valence-electron chi connectivity index (χ1n) is 5.78. The molecule has 0 fully saturated rings. The van der Waals surface area contributed by atoms with E-state index in [0.29, 0.717) is 34.2 Å². The number of ketones is 1. The van der Waals surface area contributed by atoms with Gasteiger partial charge in [-0.05, 0) is 25.4 Å². The highest BCUT2D eigenvalue weighted by atomic mass is 32.1. The van der Waals surface area contributed by atoms with E-state index in [9.17, 15) is 4.79 Å². The third-order valence-corrected chi connectivity index (χ3v) is 3.55. The van der Waals surface area contributed by atoms with E-state index in [4.69, 9.17) is 0 Å². The molecule has 0 spiro atoms. The number of hydrogen-bond donors (Lipinski definition) is 1. The zero-order valence-corrected chi connectivity index (χ0v) is 11.9. The fraction of sp³-hybridized carbons (Fsp3) is 0.333. The number of hydrogen-bond acceptors (Lipinski definition) is 6. The zero-order chi connectivity index (χ0) is 14.0. The lowest BCUT2D eigenvalue weighted by molar-refractivity contribution is 0.104. The molecule has 0 amide bonds. The van der Waals surface area contributed by atoms with E-state index in [0.717, 1.165) is 11.5 Å². The second kappa shape index (κ2) is 5.31. The molecule has 0 unspecified atom stereocenters. The summed E-state index contributed by atoms with van der Waals surface area (Å²) >= 11 is 1.11. The Morgan fingerprint density at radius 3 is 2.79 bits per heavy atom. The van der Waals surface area contributed by atoms with Crippen LogP contribution in [0.3, 0.4) is 0 Å². The van der Waals surface area contributed by atoms with Gasteiger partial charge in [0.1, 0.15) is 10.7 Å². The molecule has 0 saturated heterocycles. The Labute approximate surface area is 115 Å². The Kier molecular flexibility index (Phi) is 3.75. The maximum atomic E-state index is 12.6. The number of nitrogens with one attached hydrogen (secondary N) is 1. The zero-order valence-electron chi connectivity index (χ0n) is 11.1. The fourth-order valence-electron chi connectivity index (χ4n) is 1.85. The SMILES string of the molecule is C=CCNc1c(C(=O)c2snnc2C)c(C)nn1C. The predicted octanol–water partition coefficient (Wildman–Crippen LogP) is 1.72. The average Bonchev–Trinajstić information content (AvgIpc) is 2.90. The van der Waals surface area contributed by atoms with Gasteiger partial charge < -0.3 is 5.32 Å². The molecule has 19 heavy (non-hydrogen) atoms. The van der Waals surface area contributed by atoms with Crippen LogP contribution in [0, 0.1) is 13.8 Å². The molecule has 1 N–H and O–H groups in total. The molecule has 0 aliphatic carbocycles. The van der Waals surface area contributed by atoms with E-state index in [1.807, 2.05) is 6.92 Å². The highest BCUT2D eigenvalue weighted by Crippen LogP contribution is 2.24. The normalized spacial score (nSPS) is 10.5. The minimum Gasteiger partial charge on any atom is -0.366 e. The Hall–Kier alpha value is -2.02. The van der Waals surface area contributed by atoms with Gasteiger partial charge in [0.25, 0.3) is 0 Å². The number of carbonyl (C=O) groups is 1.